The van der Waals surface area contributed by atoms with Crippen molar-refractivity contribution in [2.75, 3.05) is 6.54 Å². The second-order valence-corrected chi connectivity index (χ2v) is 5.31. The monoisotopic (exact) mass is 271 g/mol. The van der Waals surface area contributed by atoms with Crippen molar-refractivity contribution < 1.29 is 4.79 Å². The number of rotatable bonds is 1. The fourth-order valence-electron chi connectivity index (χ4n) is 2.22. The lowest BCUT2D eigenvalue weighted by Crippen LogP contribution is -2.42. The molecular formula is C13H15Cl2NO. The third-order valence-electron chi connectivity index (χ3n) is 3.22. The lowest BCUT2D eigenvalue weighted by Gasteiger charge is -2.33. The summed E-state index contributed by atoms with van der Waals surface area (Å²) in [5.74, 6) is -0.00954. The number of hydrogen-bond acceptors (Lipinski definition) is 1. The zero-order valence-electron chi connectivity index (χ0n) is 9.75. The van der Waals surface area contributed by atoms with Crippen LogP contribution in [-0.4, -0.2) is 23.4 Å². The van der Waals surface area contributed by atoms with Gasteiger partial charge in [0.15, 0.2) is 0 Å². The van der Waals surface area contributed by atoms with E-state index in [0.29, 0.717) is 15.6 Å². The molecule has 0 unspecified atom stereocenters. The Hall–Kier alpha value is -0.730. The molecule has 17 heavy (non-hydrogen) atoms. The van der Waals surface area contributed by atoms with Gasteiger partial charge in [-0.2, -0.15) is 0 Å². The quantitative estimate of drug-likeness (QED) is 0.756. The molecule has 1 aliphatic heterocycles. The van der Waals surface area contributed by atoms with Gasteiger partial charge in [-0.25, -0.2) is 0 Å². The van der Waals surface area contributed by atoms with Crippen molar-refractivity contribution in [1.29, 1.82) is 0 Å². The minimum atomic E-state index is -0.00954. The molecular weight excluding hydrogens is 257 g/mol. The Balaban J connectivity index is 2.26. The van der Waals surface area contributed by atoms with Crippen molar-refractivity contribution in [3.8, 4) is 0 Å². The van der Waals surface area contributed by atoms with Crippen LogP contribution in [0, 0.1) is 0 Å². The second kappa shape index (κ2) is 5.28. The number of carbonyl (C=O) groups is 1. The summed E-state index contributed by atoms with van der Waals surface area (Å²) in [5, 5.41) is 1.01. The van der Waals surface area contributed by atoms with Gasteiger partial charge in [-0.1, -0.05) is 23.2 Å². The summed E-state index contributed by atoms with van der Waals surface area (Å²) in [7, 11) is 0. The van der Waals surface area contributed by atoms with Crippen LogP contribution in [-0.2, 0) is 0 Å². The van der Waals surface area contributed by atoms with Crippen molar-refractivity contribution in [1.82, 2.24) is 4.90 Å². The first-order valence-electron chi connectivity index (χ1n) is 5.85. The Bertz CT molecular complexity index is 433. The number of benzene rings is 1. The van der Waals surface area contributed by atoms with E-state index in [1.54, 1.807) is 18.2 Å². The molecule has 0 bridgehead atoms. The number of carbonyl (C=O) groups excluding carboxylic acids is 1. The zero-order valence-corrected chi connectivity index (χ0v) is 11.3. The summed E-state index contributed by atoms with van der Waals surface area (Å²) in [5.41, 5.74) is 0.507. The maximum absolute atomic E-state index is 12.4. The van der Waals surface area contributed by atoms with E-state index in [9.17, 15) is 4.79 Å². The van der Waals surface area contributed by atoms with E-state index in [0.717, 1.165) is 19.4 Å². The predicted molar refractivity (Wildman–Crippen MR) is 70.8 cm³/mol. The fraction of sp³-hybridized carbons (Fsp3) is 0.462. The van der Waals surface area contributed by atoms with E-state index in [4.69, 9.17) is 23.2 Å². The van der Waals surface area contributed by atoms with E-state index in [1.165, 1.54) is 6.42 Å². The molecule has 1 fully saturated rings. The van der Waals surface area contributed by atoms with Gasteiger partial charge in [0.05, 0.1) is 10.6 Å². The molecule has 4 heteroatoms. The lowest BCUT2D eigenvalue weighted by atomic mass is 10.0. The summed E-state index contributed by atoms with van der Waals surface area (Å²) in [4.78, 5) is 14.3. The van der Waals surface area contributed by atoms with Crippen LogP contribution in [0.5, 0.6) is 0 Å². The number of piperidine rings is 1. The fourth-order valence-corrected chi connectivity index (χ4v) is 2.59. The van der Waals surface area contributed by atoms with Crippen LogP contribution in [0.1, 0.15) is 36.5 Å². The van der Waals surface area contributed by atoms with E-state index in [-0.39, 0.29) is 11.9 Å². The topological polar surface area (TPSA) is 20.3 Å². The minimum absolute atomic E-state index is 0.00954. The van der Waals surface area contributed by atoms with Gasteiger partial charge in [-0.15, -0.1) is 0 Å². The van der Waals surface area contributed by atoms with Crippen molar-refractivity contribution in [3.63, 3.8) is 0 Å². The molecule has 1 heterocycles. The highest BCUT2D eigenvalue weighted by molar-refractivity contribution is 6.35. The highest BCUT2D eigenvalue weighted by Crippen LogP contribution is 2.25. The van der Waals surface area contributed by atoms with Crippen LogP contribution in [0.3, 0.4) is 0 Å². The first-order valence-corrected chi connectivity index (χ1v) is 6.61. The number of amides is 1. The molecule has 1 atom stereocenters. The normalized spacial score (nSPS) is 20.4. The highest BCUT2D eigenvalue weighted by Gasteiger charge is 2.25. The van der Waals surface area contributed by atoms with Crippen LogP contribution < -0.4 is 0 Å². The van der Waals surface area contributed by atoms with Gasteiger partial charge >= 0.3 is 0 Å². The third-order valence-corrected chi connectivity index (χ3v) is 3.79. The van der Waals surface area contributed by atoms with Gasteiger partial charge in [0.25, 0.3) is 5.91 Å². The smallest absolute Gasteiger partial charge is 0.255 e. The molecule has 1 amide bonds. The molecule has 2 rings (SSSR count). The maximum atomic E-state index is 12.4. The maximum Gasteiger partial charge on any atom is 0.255 e. The Morgan fingerprint density at radius 3 is 2.82 bits per heavy atom. The number of hydrogen-bond donors (Lipinski definition) is 0. The molecule has 0 N–H and O–H groups in total. The Morgan fingerprint density at radius 1 is 1.35 bits per heavy atom. The third kappa shape index (κ3) is 2.75. The van der Waals surface area contributed by atoms with Crippen molar-refractivity contribution in [2.24, 2.45) is 0 Å². The molecule has 0 radical (unpaired) electrons. The van der Waals surface area contributed by atoms with Crippen LogP contribution >= 0.6 is 23.2 Å². The molecule has 0 aromatic heterocycles. The summed E-state index contributed by atoms with van der Waals surface area (Å²) in [6.07, 6.45) is 3.31. The number of nitrogens with zero attached hydrogens (tertiary/aromatic N) is 1. The number of halogens is 2. The first kappa shape index (κ1) is 12.7. The molecule has 1 aromatic rings. The van der Waals surface area contributed by atoms with Crippen LogP contribution in [0.2, 0.25) is 10.0 Å². The van der Waals surface area contributed by atoms with Crippen LogP contribution in [0.15, 0.2) is 18.2 Å². The van der Waals surface area contributed by atoms with Crippen LogP contribution in [0.25, 0.3) is 0 Å². The Kier molecular flexibility index (Phi) is 3.95. The molecule has 2 nitrogen and oxygen atoms in total. The summed E-state index contributed by atoms with van der Waals surface area (Å²) >= 11 is 12.0. The van der Waals surface area contributed by atoms with Gasteiger partial charge in [-0.05, 0) is 44.4 Å². The average Bonchev–Trinajstić information content (AvgIpc) is 2.32. The number of likely N-dealkylation sites (tertiary alicyclic amines) is 1. The molecule has 92 valence electrons. The molecule has 1 saturated heterocycles. The SMILES string of the molecule is C[C@H]1CCCCN1C(=O)c1cc(Cl)ccc1Cl. The molecule has 0 saturated carbocycles. The van der Waals surface area contributed by atoms with Crippen molar-refractivity contribution in [2.45, 2.75) is 32.2 Å². The van der Waals surface area contributed by atoms with Crippen molar-refractivity contribution >= 4 is 29.1 Å². The van der Waals surface area contributed by atoms with E-state index in [1.807, 2.05) is 4.90 Å². The predicted octanol–water partition coefficient (Wildman–Crippen LogP) is 4.01. The van der Waals surface area contributed by atoms with Gasteiger partial charge < -0.3 is 4.90 Å². The highest BCUT2D eigenvalue weighted by atomic mass is 35.5. The van der Waals surface area contributed by atoms with E-state index in [2.05, 4.69) is 6.92 Å². The summed E-state index contributed by atoms with van der Waals surface area (Å²) in [6, 6.07) is 5.30. The Labute approximate surface area is 112 Å². The first-order chi connectivity index (χ1) is 8.09. The van der Waals surface area contributed by atoms with Gasteiger partial charge in [0.1, 0.15) is 0 Å². The average molecular weight is 272 g/mol. The molecule has 1 aliphatic rings. The van der Waals surface area contributed by atoms with Gasteiger partial charge in [0, 0.05) is 17.6 Å². The zero-order chi connectivity index (χ0) is 12.4. The molecule has 1 aromatic carbocycles. The van der Waals surface area contributed by atoms with Gasteiger partial charge in [0.2, 0.25) is 0 Å². The largest absolute Gasteiger partial charge is 0.336 e. The summed E-state index contributed by atoms with van der Waals surface area (Å²) < 4.78 is 0. The molecule has 0 aliphatic carbocycles. The van der Waals surface area contributed by atoms with Gasteiger partial charge in [-0.3, -0.25) is 4.79 Å². The second-order valence-electron chi connectivity index (χ2n) is 4.47. The lowest BCUT2D eigenvalue weighted by molar-refractivity contribution is 0.0636. The molecule has 0 spiro atoms. The van der Waals surface area contributed by atoms with E-state index < -0.39 is 0 Å². The Morgan fingerprint density at radius 2 is 2.12 bits per heavy atom. The standard InChI is InChI=1S/C13H15Cl2NO/c1-9-4-2-3-7-16(9)13(17)11-8-10(14)5-6-12(11)15/h5-6,8-9H,2-4,7H2,1H3/t9-/m0/s1. The van der Waals surface area contributed by atoms with Crippen molar-refractivity contribution in [3.05, 3.63) is 33.8 Å². The van der Waals surface area contributed by atoms with Crippen LogP contribution in [0.4, 0.5) is 0 Å². The minimum Gasteiger partial charge on any atom is -0.336 e. The summed E-state index contributed by atoms with van der Waals surface area (Å²) in [6.45, 7) is 2.89. The van der Waals surface area contributed by atoms with E-state index >= 15 is 0 Å².